The Kier molecular flexibility index (Phi) is 4.35. The molecule has 1 heterocycles. The van der Waals surface area contributed by atoms with Crippen molar-refractivity contribution in [2.75, 3.05) is 0 Å². The van der Waals surface area contributed by atoms with Crippen LogP contribution in [0.4, 0.5) is 0 Å². The third-order valence-corrected chi connectivity index (χ3v) is 3.98. The monoisotopic (exact) mass is 364 g/mol. The molecule has 0 radical (unpaired) electrons. The van der Waals surface area contributed by atoms with Gasteiger partial charge < -0.3 is 4.57 Å². The highest BCUT2D eigenvalue weighted by molar-refractivity contribution is 9.10. The third kappa shape index (κ3) is 3.22. The second-order valence-corrected chi connectivity index (χ2v) is 5.91. The van der Waals surface area contributed by atoms with E-state index in [1.54, 1.807) is 0 Å². The summed E-state index contributed by atoms with van der Waals surface area (Å²) in [6, 6.07) is 19.8. The topological polar surface area (TPSA) is 54.5 Å². The molecule has 0 aliphatic rings. The molecule has 0 amide bonds. The quantitative estimate of drug-likeness (QED) is 0.650. The van der Waals surface area contributed by atoms with Crippen LogP contribution in [-0.2, 0) is 7.05 Å². The summed E-state index contributed by atoms with van der Waals surface area (Å²) in [6.07, 6.45) is 1.81. The maximum Gasteiger partial charge on any atom is 0.174 e. The summed E-state index contributed by atoms with van der Waals surface area (Å²) in [7, 11) is 1.87. The van der Waals surface area contributed by atoms with Crippen molar-refractivity contribution < 1.29 is 0 Å². The second-order valence-electron chi connectivity index (χ2n) is 4.99. The molecule has 1 aromatic heterocycles. The lowest BCUT2D eigenvalue weighted by Crippen LogP contribution is -1.98. The molecule has 0 bridgehead atoms. The van der Waals surface area contributed by atoms with Crippen LogP contribution in [0.25, 0.3) is 23.0 Å². The molecule has 0 N–H and O–H groups in total. The molecule has 0 unspecified atom stereocenters. The second kappa shape index (κ2) is 6.59. The first-order chi connectivity index (χ1) is 11.2. The van der Waals surface area contributed by atoms with E-state index in [-0.39, 0.29) is 0 Å². The summed E-state index contributed by atoms with van der Waals surface area (Å²) in [5, 5.41) is 17.9. The van der Waals surface area contributed by atoms with E-state index in [1.165, 1.54) is 0 Å². The Morgan fingerprint density at radius 3 is 2.43 bits per heavy atom. The highest BCUT2D eigenvalue weighted by atomic mass is 79.9. The van der Waals surface area contributed by atoms with Crippen LogP contribution in [0, 0.1) is 11.3 Å². The normalized spacial score (nSPS) is 11.3. The molecule has 0 fully saturated rings. The lowest BCUT2D eigenvalue weighted by molar-refractivity contribution is 0.901. The first-order valence-corrected chi connectivity index (χ1v) is 7.81. The van der Waals surface area contributed by atoms with E-state index in [2.05, 4.69) is 32.2 Å². The Bertz CT molecular complexity index is 887. The van der Waals surface area contributed by atoms with Gasteiger partial charge in [-0.05, 0) is 23.8 Å². The highest BCUT2D eigenvalue weighted by Crippen LogP contribution is 2.22. The fourth-order valence-electron chi connectivity index (χ4n) is 2.27. The number of nitriles is 1. The zero-order valence-corrected chi connectivity index (χ0v) is 14.0. The number of hydrogen-bond donors (Lipinski definition) is 0. The van der Waals surface area contributed by atoms with Crippen molar-refractivity contribution in [3.63, 3.8) is 0 Å². The van der Waals surface area contributed by atoms with Gasteiger partial charge in [0.15, 0.2) is 11.6 Å². The molecular formula is C18H13BrN4. The zero-order chi connectivity index (χ0) is 16.2. The van der Waals surface area contributed by atoms with E-state index in [9.17, 15) is 5.26 Å². The first-order valence-electron chi connectivity index (χ1n) is 7.01. The Balaban J connectivity index is 2.02. The zero-order valence-electron chi connectivity index (χ0n) is 12.4. The van der Waals surface area contributed by atoms with Crippen molar-refractivity contribution in [3.05, 3.63) is 70.5 Å². The lowest BCUT2D eigenvalue weighted by atomic mass is 10.1. The SMILES string of the molecule is Cn1c(/C(C#N)=C\c2ccc(Br)cc2)nnc1-c1ccccc1. The van der Waals surface area contributed by atoms with Crippen molar-refractivity contribution in [1.29, 1.82) is 5.26 Å². The first kappa shape index (κ1) is 15.2. The molecule has 0 spiro atoms. The van der Waals surface area contributed by atoms with Crippen molar-refractivity contribution in [2.45, 2.75) is 0 Å². The van der Waals surface area contributed by atoms with Crippen LogP contribution >= 0.6 is 15.9 Å². The molecule has 0 aliphatic carbocycles. The minimum Gasteiger partial charge on any atom is -0.310 e. The largest absolute Gasteiger partial charge is 0.310 e. The maximum absolute atomic E-state index is 9.49. The van der Waals surface area contributed by atoms with Gasteiger partial charge in [0, 0.05) is 17.1 Å². The smallest absolute Gasteiger partial charge is 0.174 e. The molecule has 0 aliphatic heterocycles. The van der Waals surface area contributed by atoms with Gasteiger partial charge in [-0.3, -0.25) is 0 Å². The van der Waals surface area contributed by atoms with E-state index in [0.29, 0.717) is 11.4 Å². The molecule has 4 nitrogen and oxygen atoms in total. The van der Waals surface area contributed by atoms with Gasteiger partial charge in [0.25, 0.3) is 0 Å². The van der Waals surface area contributed by atoms with Gasteiger partial charge in [0.05, 0.1) is 5.57 Å². The van der Waals surface area contributed by atoms with Gasteiger partial charge in [-0.25, -0.2) is 0 Å². The van der Waals surface area contributed by atoms with Crippen LogP contribution in [0.5, 0.6) is 0 Å². The van der Waals surface area contributed by atoms with Crippen LogP contribution in [0.3, 0.4) is 0 Å². The van der Waals surface area contributed by atoms with Crippen LogP contribution in [0.15, 0.2) is 59.1 Å². The minimum absolute atomic E-state index is 0.476. The van der Waals surface area contributed by atoms with Gasteiger partial charge >= 0.3 is 0 Å². The van der Waals surface area contributed by atoms with Crippen LogP contribution in [0.2, 0.25) is 0 Å². The van der Waals surface area contributed by atoms with Crippen molar-refractivity contribution in [3.8, 4) is 17.5 Å². The number of rotatable bonds is 3. The van der Waals surface area contributed by atoms with Crippen LogP contribution < -0.4 is 0 Å². The molecule has 0 atom stereocenters. The Hall–Kier alpha value is -2.71. The highest BCUT2D eigenvalue weighted by Gasteiger charge is 2.14. The Labute approximate surface area is 142 Å². The van der Waals surface area contributed by atoms with Gasteiger partial charge in [0.1, 0.15) is 6.07 Å². The van der Waals surface area contributed by atoms with Gasteiger partial charge in [0.2, 0.25) is 0 Å². The van der Waals surface area contributed by atoms with Gasteiger partial charge in [-0.15, -0.1) is 10.2 Å². The fourth-order valence-corrected chi connectivity index (χ4v) is 2.54. The maximum atomic E-state index is 9.49. The molecule has 23 heavy (non-hydrogen) atoms. The summed E-state index contributed by atoms with van der Waals surface area (Å²) in [5.41, 5.74) is 2.38. The average Bonchev–Trinajstić information content (AvgIpc) is 2.97. The summed E-state index contributed by atoms with van der Waals surface area (Å²) < 4.78 is 2.83. The molecule has 3 rings (SSSR count). The molecule has 112 valence electrons. The predicted octanol–water partition coefficient (Wildman–Crippen LogP) is 4.31. The molecule has 0 saturated carbocycles. The number of halogens is 1. The van der Waals surface area contributed by atoms with Crippen molar-refractivity contribution in [2.24, 2.45) is 7.05 Å². The van der Waals surface area contributed by atoms with Gasteiger partial charge in [-0.1, -0.05) is 58.4 Å². The summed E-state index contributed by atoms with van der Waals surface area (Å²) in [6.45, 7) is 0. The summed E-state index contributed by atoms with van der Waals surface area (Å²) in [5.74, 6) is 1.28. The minimum atomic E-state index is 0.476. The lowest BCUT2D eigenvalue weighted by Gasteiger charge is -2.03. The number of benzene rings is 2. The predicted molar refractivity (Wildman–Crippen MR) is 94.1 cm³/mol. The van der Waals surface area contributed by atoms with E-state index >= 15 is 0 Å². The van der Waals surface area contributed by atoms with Gasteiger partial charge in [-0.2, -0.15) is 5.26 Å². The van der Waals surface area contributed by atoms with E-state index in [0.717, 1.165) is 21.4 Å². The molecular weight excluding hydrogens is 352 g/mol. The molecule has 5 heteroatoms. The van der Waals surface area contributed by atoms with E-state index in [1.807, 2.05) is 72.3 Å². The molecule has 0 saturated heterocycles. The van der Waals surface area contributed by atoms with Crippen molar-refractivity contribution >= 4 is 27.6 Å². The van der Waals surface area contributed by atoms with Crippen LogP contribution in [0.1, 0.15) is 11.4 Å². The van der Waals surface area contributed by atoms with Crippen LogP contribution in [-0.4, -0.2) is 14.8 Å². The number of aromatic nitrogens is 3. The number of hydrogen-bond acceptors (Lipinski definition) is 3. The number of nitrogens with zero attached hydrogens (tertiary/aromatic N) is 4. The van der Waals surface area contributed by atoms with Crippen molar-refractivity contribution in [1.82, 2.24) is 14.8 Å². The van der Waals surface area contributed by atoms with E-state index < -0.39 is 0 Å². The standard InChI is InChI=1S/C18H13BrN4/c1-23-17(14-5-3-2-4-6-14)21-22-18(23)15(12-20)11-13-7-9-16(19)10-8-13/h2-11H,1H3/b15-11-. The third-order valence-electron chi connectivity index (χ3n) is 3.45. The average molecular weight is 365 g/mol. The fraction of sp³-hybridized carbons (Fsp3) is 0.0556. The summed E-state index contributed by atoms with van der Waals surface area (Å²) in [4.78, 5) is 0. The molecule has 2 aromatic carbocycles. The molecule has 3 aromatic rings. The number of allylic oxidation sites excluding steroid dienone is 1. The summed E-state index contributed by atoms with van der Waals surface area (Å²) >= 11 is 3.40. The van der Waals surface area contributed by atoms with E-state index in [4.69, 9.17) is 0 Å². The Morgan fingerprint density at radius 1 is 1.09 bits per heavy atom. The Morgan fingerprint density at radius 2 is 1.78 bits per heavy atom.